The molecule has 3 aromatic carbocycles. The highest BCUT2D eigenvalue weighted by atomic mass is 16.5. The van der Waals surface area contributed by atoms with Gasteiger partial charge in [0.25, 0.3) is 0 Å². The zero-order chi connectivity index (χ0) is 35.0. The van der Waals surface area contributed by atoms with Gasteiger partial charge in [0.05, 0.1) is 22.8 Å². The van der Waals surface area contributed by atoms with Crippen LogP contribution in [0.3, 0.4) is 0 Å². The van der Waals surface area contributed by atoms with Crippen LogP contribution in [-0.2, 0) is 19.3 Å². The lowest BCUT2D eigenvalue weighted by molar-refractivity contribution is 0.0496. The number of aliphatic hydroxyl groups is 1. The van der Waals surface area contributed by atoms with Crippen LogP contribution >= 0.6 is 0 Å². The summed E-state index contributed by atoms with van der Waals surface area (Å²) in [4.78, 5) is 21.1. The number of carbonyl (C=O) groups is 1. The fourth-order valence-electron chi connectivity index (χ4n) is 8.02. The van der Waals surface area contributed by atoms with Gasteiger partial charge in [-0.25, -0.2) is 0 Å². The van der Waals surface area contributed by atoms with Crippen molar-refractivity contribution in [3.8, 4) is 28.0 Å². The van der Waals surface area contributed by atoms with Crippen LogP contribution in [0.1, 0.15) is 87.3 Å². The van der Waals surface area contributed by atoms with Crippen LogP contribution in [0.4, 0.5) is 11.4 Å². The molecule has 0 saturated heterocycles. The third kappa shape index (κ3) is 5.73. The molecule has 0 amide bonds. The number of ether oxygens (including phenoxy) is 1. The van der Waals surface area contributed by atoms with E-state index in [9.17, 15) is 9.90 Å². The van der Waals surface area contributed by atoms with Gasteiger partial charge in [-0.1, -0.05) is 28.5 Å². The first-order valence-electron chi connectivity index (χ1n) is 18.0. The van der Waals surface area contributed by atoms with Gasteiger partial charge in [-0.3, -0.25) is 14.8 Å². The quantitative estimate of drug-likeness (QED) is 0.170. The lowest BCUT2D eigenvalue weighted by atomic mass is 9.91. The largest absolute Gasteiger partial charge is 0.487 e. The average molecular weight is 681 g/mol. The molecule has 5 aliphatic rings. The number of para-hydroxylation sites is 1. The third-order valence-electron chi connectivity index (χ3n) is 10.9. The summed E-state index contributed by atoms with van der Waals surface area (Å²) in [6, 6.07) is 16.3. The number of hydrogen-bond acceptors (Lipinski definition) is 9. The zero-order valence-electron chi connectivity index (χ0n) is 29.3. The first-order valence-corrected chi connectivity index (χ1v) is 18.0. The van der Waals surface area contributed by atoms with E-state index >= 15 is 0 Å². The smallest absolute Gasteiger partial charge is 0.152 e. The van der Waals surface area contributed by atoms with Gasteiger partial charge < -0.3 is 18.9 Å². The van der Waals surface area contributed by atoms with E-state index < -0.39 is 6.10 Å². The van der Waals surface area contributed by atoms with E-state index in [1.54, 1.807) is 0 Å². The molecule has 258 valence electrons. The van der Waals surface area contributed by atoms with E-state index in [1.165, 1.54) is 42.7 Å². The Bertz CT molecular complexity index is 2220. The number of hydrogen-bond donors (Lipinski definition) is 1. The number of aryl methyl sites for hydroxylation is 4. The summed E-state index contributed by atoms with van der Waals surface area (Å²) in [5, 5.41) is 19.6. The van der Waals surface area contributed by atoms with E-state index in [0.29, 0.717) is 23.8 Å². The zero-order valence-corrected chi connectivity index (χ0v) is 29.3. The highest BCUT2D eigenvalue weighted by molar-refractivity contribution is 6.02. The maximum atomic E-state index is 11.4. The van der Waals surface area contributed by atoms with Crippen molar-refractivity contribution in [3.05, 3.63) is 99.3 Å². The van der Waals surface area contributed by atoms with E-state index in [0.717, 1.165) is 98.1 Å². The highest BCUT2D eigenvalue weighted by Gasteiger charge is 2.37. The minimum atomic E-state index is -0.756. The molecule has 2 atom stereocenters. The first kappa shape index (κ1) is 31.8. The van der Waals surface area contributed by atoms with Gasteiger partial charge in [0.15, 0.2) is 6.29 Å². The molecular formula is C42H40N4O5. The van der Waals surface area contributed by atoms with Crippen LogP contribution in [0.25, 0.3) is 22.3 Å². The lowest BCUT2D eigenvalue weighted by Gasteiger charge is -2.21. The van der Waals surface area contributed by atoms with Crippen LogP contribution in [0.2, 0.25) is 0 Å². The van der Waals surface area contributed by atoms with Crippen LogP contribution in [0.15, 0.2) is 67.6 Å². The minimum Gasteiger partial charge on any atom is -0.487 e. The van der Waals surface area contributed by atoms with Crippen molar-refractivity contribution >= 4 is 29.1 Å². The van der Waals surface area contributed by atoms with Crippen LogP contribution < -0.4 is 4.74 Å². The molecule has 0 radical (unpaired) electrons. The number of fused-ring (bicyclic) bond motifs is 3. The van der Waals surface area contributed by atoms with E-state index in [4.69, 9.17) is 23.8 Å². The molecule has 3 aliphatic heterocycles. The Labute approximate surface area is 296 Å². The molecule has 2 unspecified atom stereocenters. The first-order chi connectivity index (χ1) is 24.7. The monoisotopic (exact) mass is 680 g/mol. The van der Waals surface area contributed by atoms with Gasteiger partial charge in [0.2, 0.25) is 0 Å². The van der Waals surface area contributed by atoms with E-state index in [1.807, 2.05) is 52.0 Å². The molecule has 2 saturated carbocycles. The second kappa shape index (κ2) is 12.3. The number of aldehydes is 1. The average Bonchev–Trinajstić information content (AvgIpc) is 3.94. The van der Waals surface area contributed by atoms with Crippen molar-refractivity contribution in [3.63, 3.8) is 0 Å². The molecule has 1 N–H and O–H groups in total. The van der Waals surface area contributed by atoms with Gasteiger partial charge in [-0.05, 0) is 123 Å². The summed E-state index contributed by atoms with van der Waals surface area (Å²) in [5.74, 6) is 3.68. The highest BCUT2D eigenvalue weighted by Crippen LogP contribution is 2.46. The predicted molar refractivity (Wildman–Crippen MR) is 195 cm³/mol. The molecule has 0 spiro atoms. The molecule has 2 aliphatic carbocycles. The van der Waals surface area contributed by atoms with Gasteiger partial charge in [0.1, 0.15) is 29.5 Å². The van der Waals surface area contributed by atoms with Crippen molar-refractivity contribution in [2.24, 2.45) is 21.8 Å². The molecular weight excluding hydrogens is 640 g/mol. The van der Waals surface area contributed by atoms with Crippen LogP contribution in [-0.4, -0.2) is 39.2 Å². The van der Waals surface area contributed by atoms with Crippen molar-refractivity contribution in [2.45, 2.75) is 84.8 Å². The summed E-state index contributed by atoms with van der Waals surface area (Å²) in [5.41, 5.74) is 15.0. The van der Waals surface area contributed by atoms with Crippen molar-refractivity contribution in [1.82, 2.24) is 10.3 Å². The molecule has 51 heavy (non-hydrogen) atoms. The second-order valence-corrected chi connectivity index (χ2v) is 14.7. The molecule has 9 nitrogen and oxygen atoms in total. The Morgan fingerprint density at radius 3 is 1.86 bits per heavy atom. The SMILES string of the molecule is Cc1noc(C)c1-c1cc(C=O)c2c(c1)CC(C1CC1)=N2.Cc1noc(C)c1-c1cc2c(c(C(O)C3Cc4ccccc4O3)c1)N=C(C1CC1)C2. The summed E-state index contributed by atoms with van der Waals surface area (Å²) in [6.07, 6.45) is 7.19. The molecule has 9 heteroatoms. The van der Waals surface area contributed by atoms with Crippen molar-refractivity contribution in [2.75, 3.05) is 0 Å². The van der Waals surface area contributed by atoms with Gasteiger partial charge in [-0.2, -0.15) is 0 Å². The summed E-state index contributed by atoms with van der Waals surface area (Å²) in [6.45, 7) is 7.71. The molecule has 2 aromatic heterocycles. The van der Waals surface area contributed by atoms with Crippen molar-refractivity contribution in [1.29, 1.82) is 0 Å². The Balaban J connectivity index is 0.000000146. The topological polar surface area (TPSA) is 123 Å². The van der Waals surface area contributed by atoms with Crippen molar-refractivity contribution < 1.29 is 23.7 Å². The van der Waals surface area contributed by atoms with Crippen LogP contribution in [0.5, 0.6) is 5.75 Å². The molecule has 0 bridgehead atoms. The number of aliphatic imine (C=N–C) groups is 2. The second-order valence-electron chi connectivity index (χ2n) is 14.7. The van der Waals surface area contributed by atoms with Gasteiger partial charge >= 0.3 is 0 Å². The van der Waals surface area contributed by atoms with E-state index in [2.05, 4.69) is 34.6 Å². The number of carbonyl (C=O) groups excluding carboxylic acids is 1. The summed E-state index contributed by atoms with van der Waals surface area (Å²) < 4.78 is 16.8. The van der Waals surface area contributed by atoms with Crippen LogP contribution in [0, 0.1) is 39.5 Å². The fraction of sp³-hybridized carbons (Fsp3) is 0.357. The maximum Gasteiger partial charge on any atom is 0.152 e. The normalized spacial score (nSPS) is 19.0. The standard InChI is InChI=1S/C25H24N2O3.C17H16N2O2/c1-13-23(14(2)30-27-13)17-9-18-11-20(15-7-8-15)26-24(18)19(10-17)25(28)22-12-16-5-3-4-6-21(16)29-22;1-9-16(10(2)21-19-9)12-5-13-7-15(11-3-4-11)18-17(13)14(6-12)8-20/h3-6,9-10,15,22,25,28H,7-8,11-12H2,1-2H3;5-6,8,11H,3-4,7H2,1-2H3. The Hall–Kier alpha value is -5.15. The molecule has 5 aromatic rings. The predicted octanol–water partition coefficient (Wildman–Crippen LogP) is 8.84. The molecule has 10 rings (SSSR count). The molecule has 5 heterocycles. The lowest BCUT2D eigenvalue weighted by Crippen LogP contribution is -2.23. The number of benzene rings is 3. The fourth-order valence-corrected chi connectivity index (χ4v) is 8.02. The number of rotatable bonds is 7. The number of aromatic nitrogens is 2. The molecule has 2 fully saturated rings. The summed E-state index contributed by atoms with van der Waals surface area (Å²) in [7, 11) is 0. The summed E-state index contributed by atoms with van der Waals surface area (Å²) >= 11 is 0. The van der Waals surface area contributed by atoms with E-state index in [-0.39, 0.29) is 6.10 Å². The Kier molecular flexibility index (Phi) is 7.65. The van der Waals surface area contributed by atoms with Gasteiger partial charge in [0, 0.05) is 52.9 Å². The Morgan fingerprint density at radius 2 is 1.31 bits per heavy atom. The number of nitrogens with zero attached hydrogens (tertiary/aromatic N) is 4. The maximum absolute atomic E-state index is 11.4. The number of aliphatic hydroxyl groups excluding tert-OH is 1. The van der Waals surface area contributed by atoms with Gasteiger partial charge in [-0.15, -0.1) is 0 Å². The third-order valence-corrected chi connectivity index (χ3v) is 10.9. The Morgan fingerprint density at radius 1 is 0.745 bits per heavy atom. The minimum absolute atomic E-state index is 0.313.